The summed E-state index contributed by atoms with van der Waals surface area (Å²) >= 11 is 0. The molecule has 0 saturated heterocycles. The summed E-state index contributed by atoms with van der Waals surface area (Å²) in [7, 11) is 0. The van der Waals surface area contributed by atoms with E-state index >= 15 is 0 Å². The lowest BCUT2D eigenvalue weighted by molar-refractivity contribution is 0.0749. The molecule has 3 nitrogen and oxygen atoms in total. The molecule has 0 saturated carbocycles. The van der Waals surface area contributed by atoms with E-state index in [1.165, 1.54) is 4.90 Å². The van der Waals surface area contributed by atoms with Crippen LogP contribution in [0.2, 0.25) is 0 Å². The van der Waals surface area contributed by atoms with E-state index in [1.54, 1.807) is 6.92 Å². The molecule has 0 aliphatic carbocycles. The fourth-order valence-corrected chi connectivity index (χ4v) is 1.50. The molecule has 0 aliphatic rings. The van der Waals surface area contributed by atoms with Gasteiger partial charge in [-0.1, -0.05) is 0 Å². The van der Waals surface area contributed by atoms with E-state index in [1.807, 2.05) is 0 Å². The smallest absolute Gasteiger partial charge is 0.256 e. The van der Waals surface area contributed by atoms with Crippen molar-refractivity contribution < 1.29 is 18.7 Å². The lowest BCUT2D eigenvalue weighted by atomic mass is 10.1. The normalized spacial score (nSPS) is 10.4. The van der Waals surface area contributed by atoms with Crippen LogP contribution in [0.15, 0.2) is 18.2 Å². The Bertz CT molecular complexity index is 396. The van der Waals surface area contributed by atoms with Crippen LogP contribution >= 0.6 is 0 Å². The SMILES string of the molecule is CCN(CCCO)C(=O)c1cc(F)ccc1F. The molecule has 0 aliphatic heterocycles. The monoisotopic (exact) mass is 243 g/mol. The third-order valence-electron chi connectivity index (χ3n) is 2.41. The first-order chi connectivity index (χ1) is 8.10. The Morgan fingerprint density at radius 1 is 1.41 bits per heavy atom. The van der Waals surface area contributed by atoms with Gasteiger partial charge in [0.25, 0.3) is 5.91 Å². The van der Waals surface area contributed by atoms with Crippen molar-refractivity contribution in [2.45, 2.75) is 13.3 Å². The van der Waals surface area contributed by atoms with Gasteiger partial charge in [0.05, 0.1) is 5.56 Å². The van der Waals surface area contributed by atoms with Crippen LogP contribution in [0.4, 0.5) is 8.78 Å². The van der Waals surface area contributed by atoms with Gasteiger partial charge in [0.15, 0.2) is 0 Å². The summed E-state index contributed by atoms with van der Waals surface area (Å²) < 4.78 is 26.3. The lowest BCUT2D eigenvalue weighted by Gasteiger charge is -2.20. The standard InChI is InChI=1S/C12H15F2NO2/c1-2-15(6-3-7-16)12(17)10-8-9(13)4-5-11(10)14/h4-5,8,16H,2-3,6-7H2,1H3. The molecular formula is C12H15F2NO2. The molecule has 0 radical (unpaired) electrons. The zero-order chi connectivity index (χ0) is 12.8. The Kier molecular flexibility index (Phi) is 5.03. The third kappa shape index (κ3) is 3.49. The van der Waals surface area contributed by atoms with E-state index in [0.717, 1.165) is 18.2 Å². The highest BCUT2D eigenvalue weighted by atomic mass is 19.1. The minimum absolute atomic E-state index is 0.0462. The third-order valence-corrected chi connectivity index (χ3v) is 2.41. The summed E-state index contributed by atoms with van der Waals surface area (Å²) in [6.07, 6.45) is 0.413. The largest absolute Gasteiger partial charge is 0.396 e. The van der Waals surface area contributed by atoms with E-state index in [9.17, 15) is 13.6 Å². The van der Waals surface area contributed by atoms with Crippen molar-refractivity contribution >= 4 is 5.91 Å². The highest BCUT2D eigenvalue weighted by Crippen LogP contribution is 2.12. The van der Waals surface area contributed by atoms with Crippen molar-refractivity contribution in [1.29, 1.82) is 0 Å². The Morgan fingerprint density at radius 2 is 2.12 bits per heavy atom. The number of hydrogen-bond acceptors (Lipinski definition) is 2. The van der Waals surface area contributed by atoms with E-state index < -0.39 is 17.5 Å². The van der Waals surface area contributed by atoms with Crippen LogP contribution in [0, 0.1) is 11.6 Å². The first-order valence-corrected chi connectivity index (χ1v) is 5.45. The summed E-state index contributed by atoms with van der Waals surface area (Å²) in [5.41, 5.74) is -0.273. The van der Waals surface area contributed by atoms with Gasteiger partial charge in [-0.25, -0.2) is 8.78 Å². The van der Waals surface area contributed by atoms with Crippen molar-refractivity contribution in [3.8, 4) is 0 Å². The molecule has 1 N–H and O–H groups in total. The lowest BCUT2D eigenvalue weighted by Crippen LogP contribution is -2.32. The van der Waals surface area contributed by atoms with Gasteiger partial charge in [0, 0.05) is 19.7 Å². The Morgan fingerprint density at radius 3 is 2.71 bits per heavy atom. The van der Waals surface area contributed by atoms with Crippen molar-refractivity contribution in [1.82, 2.24) is 4.90 Å². The second-order valence-electron chi connectivity index (χ2n) is 3.59. The summed E-state index contributed by atoms with van der Waals surface area (Å²) in [5, 5.41) is 8.69. The molecule has 17 heavy (non-hydrogen) atoms. The van der Waals surface area contributed by atoms with Crippen molar-refractivity contribution in [2.75, 3.05) is 19.7 Å². The first kappa shape index (κ1) is 13.6. The number of aliphatic hydroxyl groups is 1. The average Bonchev–Trinajstić information content (AvgIpc) is 2.33. The second-order valence-corrected chi connectivity index (χ2v) is 3.59. The number of nitrogens with zero attached hydrogens (tertiary/aromatic N) is 1. The van der Waals surface area contributed by atoms with Gasteiger partial charge in [-0.15, -0.1) is 0 Å². The molecule has 1 aromatic rings. The van der Waals surface area contributed by atoms with Gasteiger partial charge in [-0.2, -0.15) is 0 Å². The van der Waals surface area contributed by atoms with Gasteiger partial charge in [-0.05, 0) is 31.5 Å². The number of carbonyl (C=O) groups excluding carboxylic acids is 1. The molecule has 5 heteroatoms. The predicted octanol–water partition coefficient (Wildman–Crippen LogP) is 1.81. The minimum atomic E-state index is -0.737. The van der Waals surface area contributed by atoms with Gasteiger partial charge in [-0.3, -0.25) is 4.79 Å². The molecule has 0 unspecified atom stereocenters. The molecule has 0 fully saturated rings. The molecule has 94 valence electrons. The highest BCUT2D eigenvalue weighted by Gasteiger charge is 2.18. The van der Waals surface area contributed by atoms with Crippen LogP contribution in [-0.4, -0.2) is 35.6 Å². The van der Waals surface area contributed by atoms with Crippen LogP contribution in [0.25, 0.3) is 0 Å². The molecule has 0 spiro atoms. The summed E-state index contributed by atoms with van der Waals surface area (Å²) in [6.45, 7) is 2.40. The molecular weight excluding hydrogens is 228 g/mol. The molecule has 1 amide bonds. The van der Waals surface area contributed by atoms with Crippen molar-refractivity contribution in [2.24, 2.45) is 0 Å². The van der Waals surface area contributed by atoms with Crippen LogP contribution in [0.3, 0.4) is 0 Å². The summed E-state index contributed by atoms with van der Waals surface area (Å²) in [6, 6.07) is 2.79. The molecule has 0 heterocycles. The van der Waals surface area contributed by atoms with E-state index in [-0.39, 0.29) is 12.2 Å². The maximum absolute atomic E-state index is 13.4. The number of carbonyl (C=O) groups is 1. The quantitative estimate of drug-likeness (QED) is 0.856. The second kappa shape index (κ2) is 6.30. The molecule has 0 aromatic heterocycles. The zero-order valence-corrected chi connectivity index (χ0v) is 9.62. The van der Waals surface area contributed by atoms with E-state index in [0.29, 0.717) is 19.5 Å². The number of aliphatic hydroxyl groups excluding tert-OH is 1. The number of amides is 1. The highest BCUT2D eigenvalue weighted by molar-refractivity contribution is 5.94. The number of benzene rings is 1. The Hall–Kier alpha value is -1.49. The van der Waals surface area contributed by atoms with Crippen LogP contribution in [0.5, 0.6) is 0 Å². The Balaban J connectivity index is 2.89. The minimum Gasteiger partial charge on any atom is -0.396 e. The predicted molar refractivity (Wildman–Crippen MR) is 59.6 cm³/mol. The number of hydrogen-bond donors (Lipinski definition) is 1. The molecule has 0 bridgehead atoms. The molecule has 1 aromatic carbocycles. The first-order valence-electron chi connectivity index (χ1n) is 5.45. The van der Waals surface area contributed by atoms with Crippen LogP contribution in [-0.2, 0) is 0 Å². The maximum atomic E-state index is 13.4. The summed E-state index contributed by atoms with van der Waals surface area (Å²) in [5.74, 6) is -1.94. The maximum Gasteiger partial charge on any atom is 0.256 e. The topological polar surface area (TPSA) is 40.5 Å². The molecule has 0 atom stereocenters. The van der Waals surface area contributed by atoms with Crippen molar-refractivity contribution in [3.63, 3.8) is 0 Å². The van der Waals surface area contributed by atoms with Gasteiger partial charge in [0.2, 0.25) is 0 Å². The number of halogens is 2. The van der Waals surface area contributed by atoms with Crippen LogP contribution < -0.4 is 0 Å². The summed E-state index contributed by atoms with van der Waals surface area (Å²) in [4.78, 5) is 13.3. The Labute approximate surface area is 98.7 Å². The number of rotatable bonds is 5. The zero-order valence-electron chi connectivity index (χ0n) is 9.62. The van der Waals surface area contributed by atoms with Crippen LogP contribution in [0.1, 0.15) is 23.7 Å². The van der Waals surface area contributed by atoms with Crippen molar-refractivity contribution in [3.05, 3.63) is 35.4 Å². The van der Waals surface area contributed by atoms with Gasteiger partial charge >= 0.3 is 0 Å². The van der Waals surface area contributed by atoms with E-state index in [4.69, 9.17) is 5.11 Å². The fourth-order valence-electron chi connectivity index (χ4n) is 1.50. The average molecular weight is 243 g/mol. The van der Waals surface area contributed by atoms with Gasteiger partial charge in [0.1, 0.15) is 11.6 Å². The fraction of sp³-hybridized carbons (Fsp3) is 0.417. The molecule has 1 rings (SSSR count). The van der Waals surface area contributed by atoms with E-state index in [2.05, 4.69) is 0 Å². The van der Waals surface area contributed by atoms with Gasteiger partial charge < -0.3 is 10.0 Å².